The number of hydrogen-bond donors (Lipinski definition) is 2. The standard InChI is InChI=1S/C6H8N4.ClH/c1-4-2-9-3-10-5(4)6(7)8;/h2-3H,1H3,(H3,7,8);1H. The fourth-order valence-corrected chi connectivity index (χ4v) is 0.681. The van der Waals surface area contributed by atoms with Crippen molar-refractivity contribution in [3.05, 3.63) is 23.8 Å². The highest BCUT2D eigenvalue weighted by Gasteiger charge is 1.99. The van der Waals surface area contributed by atoms with Gasteiger partial charge in [-0.05, 0) is 12.5 Å². The second-order valence-corrected chi connectivity index (χ2v) is 1.97. The van der Waals surface area contributed by atoms with Crippen LogP contribution in [0.5, 0.6) is 0 Å². The third-order valence-electron chi connectivity index (χ3n) is 1.15. The predicted molar refractivity (Wildman–Crippen MR) is 45.0 cm³/mol. The van der Waals surface area contributed by atoms with Crippen LogP contribution in [-0.2, 0) is 0 Å². The molecule has 60 valence electrons. The highest BCUT2D eigenvalue weighted by atomic mass is 35.5. The van der Waals surface area contributed by atoms with Gasteiger partial charge in [0.2, 0.25) is 0 Å². The average Bonchev–Trinajstić information content (AvgIpc) is 1.88. The number of amidine groups is 1. The van der Waals surface area contributed by atoms with Crippen molar-refractivity contribution in [1.29, 1.82) is 5.41 Å². The minimum Gasteiger partial charge on any atom is -0.382 e. The van der Waals surface area contributed by atoms with Crippen molar-refractivity contribution < 1.29 is 0 Å². The van der Waals surface area contributed by atoms with Crippen LogP contribution in [0.3, 0.4) is 0 Å². The molecule has 1 rings (SSSR count). The van der Waals surface area contributed by atoms with Crippen LogP contribution in [0.1, 0.15) is 11.3 Å². The van der Waals surface area contributed by atoms with Crippen molar-refractivity contribution in [2.45, 2.75) is 6.92 Å². The lowest BCUT2D eigenvalue weighted by molar-refractivity contribution is 1.10. The molecule has 3 N–H and O–H groups in total. The molecule has 0 unspecified atom stereocenters. The second-order valence-electron chi connectivity index (χ2n) is 1.97. The van der Waals surface area contributed by atoms with E-state index in [1.807, 2.05) is 6.92 Å². The fraction of sp³-hybridized carbons (Fsp3) is 0.167. The monoisotopic (exact) mass is 172 g/mol. The SMILES string of the molecule is Cc1cncnc1C(=N)N.Cl. The molecule has 0 fully saturated rings. The first-order chi connectivity index (χ1) is 4.72. The van der Waals surface area contributed by atoms with Gasteiger partial charge in [0.1, 0.15) is 17.9 Å². The van der Waals surface area contributed by atoms with Gasteiger partial charge in [-0.2, -0.15) is 0 Å². The molecule has 4 nitrogen and oxygen atoms in total. The van der Waals surface area contributed by atoms with Gasteiger partial charge in [0.15, 0.2) is 0 Å². The van der Waals surface area contributed by atoms with E-state index in [-0.39, 0.29) is 18.2 Å². The average molecular weight is 173 g/mol. The van der Waals surface area contributed by atoms with Crippen molar-refractivity contribution >= 4 is 18.2 Å². The molecule has 0 radical (unpaired) electrons. The Hall–Kier alpha value is -1.16. The molecule has 1 aromatic rings. The Morgan fingerprint density at radius 3 is 2.64 bits per heavy atom. The third-order valence-corrected chi connectivity index (χ3v) is 1.15. The number of nitrogen functional groups attached to an aromatic ring is 1. The highest BCUT2D eigenvalue weighted by Crippen LogP contribution is 1.98. The molecule has 1 heterocycles. The van der Waals surface area contributed by atoms with E-state index < -0.39 is 0 Å². The van der Waals surface area contributed by atoms with E-state index in [1.54, 1.807) is 6.20 Å². The molecule has 0 bridgehead atoms. The van der Waals surface area contributed by atoms with Crippen LogP contribution >= 0.6 is 12.4 Å². The number of rotatable bonds is 1. The van der Waals surface area contributed by atoms with Gasteiger partial charge >= 0.3 is 0 Å². The minimum atomic E-state index is -0.0140. The smallest absolute Gasteiger partial charge is 0.142 e. The van der Waals surface area contributed by atoms with Gasteiger partial charge in [0.05, 0.1) is 0 Å². The van der Waals surface area contributed by atoms with Gasteiger partial charge in [-0.1, -0.05) is 0 Å². The Bertz CT molecular complexity index is 261. The normalized spacial score (nSPS) is 8.45. The number of aromatic nitrogens is 2. The van der Waals surface area contributed by atoms with Crippen molar-refractivity contribution in [3.63, 3.8) is 0 Å². The molecule has 0 aliphatic heterocycles. The topological polar surface area (TPSA) is 75.7 Å². The molecule has 0 saturated heterocycles. The number of nitrogens with one attached hydrogen (secondary N) is 1. The Kier molecular flexibility index (Phi) is 3.47. The number of nitrogens with two attached hydrogens (primary N) is 1. The summed E-state index contributed by atoms with van der Waals surface area (Å²) in [6, 6.07) is 0. The van der Waals surface area contributed by atoms with E-state index in [9.17, 15) is 0 Å². The Labute approximate surface area is 70.8 Å². The molecule has 0 aromatic carbocycles. The summed E-state index contributed by atoms with van der Waals surface area (Å²) in [6.07, 6.45) is 3.01. The van der Waals surface area contributed by atoms with Crippen LogP contribution in [0.25, 0.3) is 0 Å². The second kappa shape index (κ2) is 3.88. The van der Waals surface area contributed by atoms with Gasteiger partial charge in [-0.25, -0.2) is 9.97 Å². The summed E-state index contributed by atoms with van der Waals surface area (Å²) in [6.45, 7) is 1.82. The predicted octanol–water partition coefficient (Wildman–Crippen LogP) is 0.491. The van der Waals surface area contributed by atoms with Crippen LogP contribution in [0, 0.1) is 12.3 Å². The summed E-state index contributed by atoms with van der Waals surface area (Å²) < 4.78 is 0. The number of nitrogens with zero attached hydrogens (tertiary/aromatic N) is 2. The van der Waals surface area contributed by atoms with Gasteiger partial charge in [0, 0.05) is 6.20 Å². The van der Waals surface area contributed by atoms with Crippen LogP contribution in [0.15, 0.2) is 12.5 Å². The zero-order valence-electron chi connectivity index (χ0n) is 6.03. The summed E-state index contributed by atoms with van der Waals surface area (Å²) in [4.78, 5) is 7.58. The summed E-state index contributed by atoms with van der Waals surface area (Å²) >= 11 is 0. The summed E-state index contributed by atoms with van der Waals surface area (Å²) in [5, 5.41) is 7.06. The van der Waals surface area contributed by atoms with Crippen LogP contribution in [0.2, 0.25) is 0 Å². The summed E-state index contributed by atoms with van der Waals surface area (Å²) in [7, 11) is 0. The molecule has 11 heavy (non-hydrogen) atoms. The molecular weight excluding hydrogens is 164 g/mol. The largest absolute Gasteiger partial charge is 0.382 e. The molecule has 0 spiro atoms. The molecule has 0 aliphatic carbocycles. The van der Waals surface area contributed by atoms with Gasteiger partial charge < -0.3 is 5.73 Å². The van der Waals surface area contributed by atoms with Crippen molar-refractivity contribution in [1.82, 2.24) is 9.97 Å². The maximum Gasteiger partial charge on any atom is 0.142 e. The zero-order chi connectivity index (χ0) is 7.56. The number of halogens is 1. The lowest BCUT2D eigenvalue weighted by Crippen LogP contribution is -2.14. The lowest BCUT2D eigenvalue weighted by atomic mass is 10.2. The van der Waals surface area contributed by atoms with Crippen LogP contribution in [-0.4, -0.2) is 15.8 Å². The third kappa shape index (κ3) is 2.16. The first kappa shape index (κ1) is 9.84. The van der Waals surface area contributed by atoms with E-state index in [2.05, 4.69) is 9.97 Å². The van der Waals surface area contributed by atoms with E-state index in [0.717, 1.165) is 5.56 Å². The van der Waals surface area contributed by atoms with Gasteiger partial charge in [-0.15, -0.1) is 12.4 Å². The minimum absolute atomic E-state index is 0. The fourth-order valence-electron chi connectivity index (χ4n) is 0.681. The Morgan fingerprint density at radius 2 is 2.27 bits per heavy atom. The van der Waals surface area contributed by atoms with Crippen molar-refractivity contribution in [2.75, 3.05) is 0 Å². The van der Waals surface area contributed by atoms with Gasteiger partial charge in [-0.3, -0.25) is 5.41 Å². The lowest BCUT2D eigenvalue weighted by Gasteiger charge is -1.98. The Balaban J connectivity index is 0.000001000. The maximum absolute atomic E-state index is 7.06. The van der Waals surface area contributed by atoms with Crippen LogP contribution in [0.4, 0.5) is 0 Å². The highest BCUT2D eigenvalue weighted by molar-refractivity contribution is 5.94. The van der Waals surface area contributed by atoms with Crippen molar-refractivity contribution in [2.24, 2.45) is 5.73 Å². The molecule has 0 saturated carbocycles. The van der Waals surface area contributed by atoms with E-state index in [4.69, 9.17) is 11.1 Å². The first-order valence-electron chi connectivity index (χ1n) is 2.83. The molecule has 0 atom stereocenters. The van der Waals surface area contributed by atoms with E-state index in [1.165, 1.54) is 6.33 Å². The molecule has 5 heteroatoms. The Morgan fingerprint density at radius 1 is 1.64 bits per heavy atom. The zero-order valence-corrected chi connectivity index (χ0v) is 6.85. The van der Waals surface area contributed by atoms with Crippen LogP contribution < -0.4 is 5.73 Å². The number of hydrogen-bond acceptors (Lipinski definition) is 3. The first-order valence-corrected chi connectivity index (χ1v) is 2.83. The quantitative estimate of drug-likeness (QED) is 0.478. The summed E-state index contributed by atoms with van der Waals surface area (Å²) in [5.74, 6) is -0.0140. The molecule has 1 aromatic heterocycles. The summed E-state index contributed by atoms with van der Waals surface area (Å²) in [5.41, 5.74) is 6.55. The van der Waals surface area contributed by atoms with E-state index >= 15 is 0 Å². The number of aryl methyl sites for hydroxylation is 1. The van der Waals surface area contributed by atoms with E-state index in [0.29, 0.717) is 5.69 Å². The van der Waals surface area contributed by atoms with Gasteiger partial charge in [0.25, 0.3) is 0 Å². The van der Waals surface area contributed by atoms with Crippen molar-refractivity contribution in [3.8, 4) is 0 Å². The molecule has 0 amide bonds. The molecular formula is C6H9ClN4. The molecule has 0 aliphatic rings. The maximum atomic E-state index is 7.06.